The molecule has 2 aromatic rings. The molecule has 1 fully saturated rings. The topological polar surface area (TPSA) is 80.1 Å². The average molecular weight is 355 g/mol. The predicted octanol–water partition coefficient (Wildman–Crippen LogP) is 2.23. The van der Waals surface area contributed by atoms with Crippen LogP contribution in [0.15, 0.2) is 24.7 Å². The largest absolute Gasteiger partial charge is 0.335 e. The minimum absolute atomic E-state index is 0.00588. The molecule has 0 aromatic carbocycles. The molecular formula is C19H25N5O2. The van der Waals surface area contributed by atoms with E-state index in [1.165, 1.54) is 0 Å². The fraction of sp³-hybridized carbons (Fsp3) is 0.474. The van der Waals surface area contributed by atoms with E-state index in [-0.39, 0.29) is 24.3 Å². The highest BCUT2D eigenvalue weighted by molar-refractivity contribution is 5.98. The van der Waals surface area contributed by atoms with Gasteiger partial charge in [0, 0.05) is 49.4 Å². The number of aryl methyl sites for hydroxylation is 2. The highest BCUT2D eigenvalue weighted by Gasteiger charge is 2.45. The second-order valence-electron chi connectivity index (χ2n) is 6.62. The predicted molar refractivity (Wildman–Crippen MR) is 98.4 cm³/mol. The lowest BCUT2D eigenvalue weighted by Gasteiger charge is -2.27. The van der Waals surface area contributed by atoms with Crippen molar-refractivity contribution in [1.82, 2.24) is 19.7 Å². The van der Waals surface area contributed by atoms with Gasteiger partial charge in [-0.25, -0.2) is 0 Å². The van der Waals surface area contributed by atoms with Crippen molar-refractivity contribution in [3.8, 4) is 0 Å². The molecule has 0 aliphatic carbocycles. The van der Waals surface area contributed by atoms with Gasteiger partial charge in [0.15, 0.2) is 0 Å². The van der Waals surface area contributed by atoms with Gasteiger partial charge in [0.05, 0.1) is 18.2 Å². The van der Waals surface area contributed by atoms with E-state index in [0.717, 1.165) is 28.9 Å². The summed E-state index contributed by atoms with van der Waals surface area (Å²) in [6.45, 7) is 6.49. The van der Waals surface area contributed by atoms with Gasteiger partial charge in [0.2, 0.25) is 11.8 Å². The Bertz CT molecular complexity index is 829. The summed E-state index contributed by atoms with van der Waals surface area (Å²) in [7, 11) is 1.87. The zero-order valence-electron chi connectivity index (χ0n) is 15.7. The van der Waals surface area contributed by atoms with Crippen LogP contribution in [0.5, 0.6) is 0 Å². The molecule has 0 unspecified atom stereocenters. The minimum atomic E-state index is -0.441. The standard InChI is InChI=1S/C19H25N5O2/c1-5-13-10-20-8-7-16(13)22-19(26)14-9-17(25)24(6-2)18(14)15-11-21-23(4)12(15)3/h7-8,10-11,14,18H,5-6,9H2,1-4H3,(H,20,22,26)/t14-,18-/m0/s1. The van der Waals surface area contributed by atoms with E-state index >= 15 is 0 Å². The molecule has 1 aliphatic heterocycles. The molecule has 138 valence electrons. The SMILES string of the molecule is CCc1cnccc1NC(=O)[C@H]1CC(=O)N(CC)[C@@H]1c1cnn(C)c1C. The molecule has 3 rings (SSSR count). The number of nitrogens with one attached hydrogen (secondary N) is 1. The Balaban J connectivity index is 1.92. The van der Waals surface area contributed by atoms with Crippen LogP contribution in [0.4, 0.5) is 5.69 Å². The van der Waals surface area contributed by atoms with E-state index in [4.69, 9.17) is 0 Å². The van der Waals surface area contributed by atoms with Gasteiger partial charge in [-0.15, -0.1) is 0 Å². The number of aromatic nitrogens is 3. The Morgan fingerprint density at radius 3 is 2.73 bits per heavy atom. The Hall–Kier alpha value is -2.70. The van der Waals surface area contributed by atoms with Gasteiger partial charge < -0.3 is 10.2 Å². The van der Waals surface area contributed by atoms with E-state index in [2.05, 4.69) is 15.4 Å². The summed E-state index contributed by atoms with van der Waals surface area (Å²) in [5.74, 6) is -0.571. The average Bonchev–Trinajstić information content (AvgIpc) is 3.14. The number of hydrogen-bond acceptors (Lipinski definition) is 4. The number of anilines is 1. The van der Waals surface area contributed by atoms with Crippen molar-refractivity contribution >= 4 is 17.5 Å². The van der Waals surface area contributed by atoms with Crippen LogP contribution in [0.25, 0.3) is 0 Å². The van der Waals surface area contributed by atoms with Crippen LogP contribution in [0.2, 0.25) is 0 Å². The molecule has 7 nitrogen and oxygen atoms in total. The number of carbonyl (C=O) groups excluding carboxylic acids is 2. The summed E-state index contributed by atoms with van der Waals surface area (Å²) in [4.78, 5) is 31.5. The van der Waals surface area contributed by atoms with Crippen molar-refractivity contribution in [3.05, 3.63) is 41.5 Å². The zero-order valence-corrected chi connectivity index (χ0v) is 15.7. The Morgan fingerprint density at radius 2 is 2.12 bits per heavy atom. The number of pyridine rings is 1. The maximum atomic E-state index is 13.1. The van der Waals surface area contributed by atoms with Crippen molar-refractivity contribution in [3.63, 3.8) is 0 Å². The van der Waals surface area contributed by atoms with Gasteiger partial charge in [-0.3, -0.25) is 19.3 Å². The van der Waals surface area contributed by atoms with Gasteiger partial charge in [-0.1, -0.05) is 6.92 Å². The second kappa shape index (κ2) is 7.27. The third kappa shape index (κ3) is 3.09. The van der Waals surface area contributed by atoms with Crippen LogP contribution in [-0.4, -0.2) is 38.0 Å². The normalized spacial score (nSPS) is 19.8. The summed E-state index contributed by atoms with van der Waals surface area (Å²) in [6.07, 6.45) is 6.18. The summed E-state index contributed by atoms with van der Waals surface area (Å²) in [5.41, 5.74) is 3.65. The summed E-state index contributed by atoms with van der Waals surface area (Å²) in [6, 6.07) is 1.52. The maximum Gasteiger partial charge on any atom is 0.230 e. The molecule has 26 heavy (non-hydrogen) atoms. The molecule has 1 saturated heterocycles. The number of rotatable bonds is 5. The molecule has 2 atom stereocenters. The number of amides is 2. The minimum Gasteiger partial charge on any atom is -0.335 e. The zero-order chi connectivity index (χ0) is 18.8. The van der Waals surface area contributed by atoms with Crippen molar-refractivity contribution in [1.29, 1.82) is 0 Å². The maximum absolute atomic E-state index is 13.1. The lowest BCUT2D eigenvalue weighted by Crippen LogP contribution is -2.32. The molecular weight excluding hydrogens is 330 g/mol. The van der Waals surface area contributed by atoms with Crippen LogP contribution in [0.3, 0.4) is 0 Å². The first kappa shape index (κ1) is 18.1. The van der Waals surface area contributed by atoms with Gasteiger partial charge >= 0.3 is 0 Å². The van der Waals surface area contributed by atoms with Gasteiger partial charge in [0.1, 0.15) is 0 Å². The molecule has 0 saturated carbocycles. The first-order valence-corrected chi connectivity index (χ1v) is 8.99. The number of carbonyl (C=O) groups is 2. The van der Waals surface area contributed by atoms with Gasteiger partial charge in [0.25, 0.3) is 0 Å². The second-order valence-corrected chi connectivity index (χ2v) is 6.62. The van der Waals surface area contributed by atoms with E-state index in [0.29, 0.717) is 6.54 Å². The van der Waals surface area contributed by atoms with Crippen molar-refractivity contribution in [2.24, 2.45) is 13.0 Å². The quantitative estimate of drug-likeness (QED) is 0.892. The molecule has 0 bridgehead atoms. The summed E-state index contributed by atoms with van der Waals surface area (Å²) >= 11 is 0. The van der Waals surface area contributed by atoms with Crippen molar-refractivity contribution in [2.75, 3.05) is 11.9 Å². The van der Waals surface area contributed by atoms with E-state index in [1.54, 1.807) is 34.2 Å². The molecule has 0 radical (unpaired) electrons. The summed E-state index contributed by atoms with van der Waals surface area (Å²) in [5, 5.41) is 7.31. The van der Waals surface area contributed by atoms with Crippen molar-refractivity contribution in [2.45, 2.75) is 39.7 Å². The third-order valence-corrected chi connectivity index (χ3v) is 5.24. The highest BCUT2D eigenvalue weighted by atomic mass is 16.2. The number of nitrogens with zero attached hydrogens (tertiary/aromatic N) is 4. The van der Waals surface area contributed by atoms with Crippen LogP contribution >= 0.6 is 0 Å². The molecule has 7 heteroatoms. The van der Waals surface area contributed by atoms with Crippen LogP contribution in [-0.2, 0) is 23.1 Å². The van der Waals surface area contributed by atoms with Crippen LogP contribution in [0.1, 0.15) is 43.1 Å². The van der Waals surface area contributed by atoms with Gasteiger partial charge in [-0.2, -0.15) is 5.10 Å². The fourth-order valence-electron chi connectivity index (χ4n) is 3.65. The highest BCUT2D eigenvalue weighted by Crippen LogP contribution is 2.39. The van der Waals surface area contributed by atoms with E-state index in [1.807, 2.05) is 27.8 Å². The molecule has 2 amide bonds. The Labute approximate surface area is 153 Å². The first-order valence-electron chi connectivity index (χ1n) is 8.99. The molecule has 1 aliphatic rings. The lowest BCUT2D eigenvalue weighted by molar-refractivity contribution is -0.129. The van der Waals surface area contributed by atoms with Crippen molar-refractivity contribution < 1.29 is 9.59 Å². The lowest BCUT2D eigenvalue weighted by atomic mass is 9.93. The molecule has 1 N–H and O–H groups in total. The third-order valence-electron chi connectivity index (χ3n) is 5.24. The first-order chi connectivity index (χ1) is 12.5. The smallest absolute Gasteiger partial charge is 0.230 e. The van der Waals surface area contributed by atoms with Crippen LogP contribution < -0.4 is 5.32 Å². The monoisotopic (exact) mass is 355 g/mol. The summed E-state index contributed by atoms with van der Waals surface area (Å²) < 4.78 is 1.78. The number of hydrogen-bond donors (Lipinski definition) is 1. The fourth-order valence-corrected chi connectivity index (χ4v) is 3.65. The van der Waals surface area contributed by atoms with Gasteiger partial charge in [-0.05, 0) is 31.9 Å². The molecule has 0 spiro atoms. The Kier molecular flexibility index (Phi) is 5.06. The molecule has 2 aromatic heterocycles. The number of likely N-dealkylation sites (tertiary alicyclic amines) is 1. The van der Waals surface area contributed by atoms with E-state index in [9.17, 15) is 9.59 Å². The van der Waals surface area contributed by atoms with E-state index < -0.39 is 5.92 Å². The Morgan fingerprint density at radius 1 is 1.35 bits per heavy atom. The molecule has 3 heterocycles. The van der Waals surface area contributed by atoms with Crippen LogP contribution in [0, 0.1) is 12.8 Å².